The monoisotopic (exact) mass is 636 g/mol. The number of allylic oxidation sites excluding steroid dienone is 1. The van der Waals surface area contributed by atoms with Crippen molar-refractivity contribution in [2.75, 3.05) is 36.9 Å². The number of benzene rings is 2. The summed E-state index contributed by atoms with van der Waals surface area (Å²) in [6.07, 6.45) is 4.51. The highest BCUT2D eigenvalue weighted by atomic mass is 35.5. The molecule has 0 amide bonds. The minimum atomic E-state index is -0.759. The molecule has 3 aliphatic heterocycles. The Kier molecular flexibility index (Phi) is 7.07. The quantitative estimate of drug-likeness (QED) is 0.233. The Morgan fingerprint density at radius 3 is 2.73 bits per heavy atom. The van der Waals surface area contributed by atoms with Crippen LogP contribution in [0.15, 0.2) is 24.4 Å². The van der Waals surface area contributed by atoms with E-state index in [0.717, 1.165) is 55.8 Å². The molecule has 0 aliphatic carbocycles. The van der Waals surface area contributed by atoms with Crippen LogP contribution in [0.1, 0.15) is 51.5 Å². The zero-order chi connectivity index (χ0) is 30.9. The third-order valence-electron chi connectivity index (χ3n) is 9.23. The van der Waals surface area contributed by atoms with Crippen LogP contribution in [0.2, 0.25) is 5.02 Å². The van der Waals surface area contributed by atoms with Crippen LogP contribution >= 0.6 is 22.9 Å². The maximum Gasteiger partial charge on any atom is 0.319 e. The number of nitrogen functional groups attached to an aromatic ring is 1. The lowest BCUT2D eigenvalue weighted by Crippen LogP contribution is -2.43. The summed E-state index contributed by atoms with van der Waals surface area (Å²) in [7, 11) is 0. The topological polar surface area (TPSA) is 101 Å². The summed E-state index contributed by atoms with van der Waals surface area (Å²) in [5, 5.41) is 10.5. The van der Waals surface area contributed by atoms with Gasteiger partial charge in [0.05, 0.1) is 32.8 Å². The Morgan fingerprint density at radius 2 is 2.02 bits per heavy atom. The van der Waals surface area contributed by atoms with Crippen LogP contribution in [-0.2, 0) is 0 Å². The summed E-state index contributed by atoms with van der Waals surface area (Å²) in [4.78, 5) is 13.8. The maximum atomic E-state index is 17.0. The Labute approximate surface area is 262 Å². The minimum Gasteiger partial charge on any atom is -0.486 e. The number of fused-ring (bicyclic) bond motifs is 2. The third-order valence-corrected chi connectivity index (χ3v) is 10.6. The molecule has 1 unspecified atom stereocenters. The summed E-state index contributed by atoms with van der Waals surface area (Å²) in [6.45, 7) is 11.0. The van der Waals surface area contributed by atoms with E-state index in [2.05, 4.69) is 16.5 Å². The summed E-state index contributed by atoms with van der Waals surface area (Å²) in [6, 6.07) is 4.72. The van der Waals surface area contributed by atoms with E-state index in [4.69, 9.17) is 31.8 Å². The number of halogens is 3. The fraction of sp³-hybridized carbons (Fsp3) is 0.406. The second-order valence-electron chi connectivity index (χ2n) is 11.8. The molecule has 1 atom stereocenters. The first-order valence-corrected chi connectivity index (χ1v) is 16.0. The smallest absolute Gasteiger partial charge is 0.319 e. The van der Waals surface area contributed by atoms with E-state index in [1.54, 1.807) is 0 Å². The first-order chi connectivity index (χ1) is 21.2. The SMILES string of the molecule is C=C(CC)N1CC(C)Oc2c(Cl)c(-c3ccc(F)c4sc(N)c(C#N)c34)c(F)c3nc(OCC45CCCN4CCC5)nc1c23. The summed E-state index contributed by atoms with van der Waals surface area (Å²) in [5.41, 5.74) is 6.96. The van der Waals surface area contributed by atoms with Crippen molar-refractivity contribution >= 4 is 54.7 Å². The van der Waals surface area contributed by atoms with Gasteiger partial charge in [0.1, 0.15) is 35.1 Å². The number of anilines is 2. The molecule has 0 spiro atoms. The Morgan fingerprint density at radius 1 is 1.27 bits per heavy atom. The molecule has 3 aliphatic rings. The van der Waals surface area contributed by atoms with Gasteiger partial charge < -0.3 is 20.1 Å². The largest absolute Gasteiger partial charge is 0.486 e. The highest BCUT2D eigenvalue weighted by Gasteiger charge is 2.45. The first-order valence-electron chi connectivity index (χ1n) is 14.8. The standard InChI is InChI=1S/C32H31ClF2N6O2S/c1-4-16(2)41-14-17(3)43-27-23-26(38-31(39-30(23)41)42-15-32-9-5-11-40(32)12-6-10-32)25(35)22(24(27)33)18-7-8-20(34)28-21(18)19(13-36)29(37)44-28/h7-8,17H,2,4-6,9-12,14-15,37H2,1,3H3. The molecule has 0 bridgehead atoms. The van der Waals surface area contributed by atoms with Crippen molar-refractivity contribution in [2.45, 2.75) is 57.6 Å². The van der Waals surface area contributed by atoms with Crippen molar-refractivity contribution < 1.29 is 18.3 Å². The van der Waals surface area contributed by atoms with Crippen molar-refractivity contribution in [3.8, 4) is 29.0 Å². The molecule has 4 aromatic rings. The van der Waals surface area contributed by atoms with Gasteiger partial charge >= 0.3 is 6.01 Å². The molecule has 5 heterocycles. The summed E-state index contributed by atoms with van der Waals surface area (Å²) < 4.78 is 44.8. The highest BCUT2D eigenvalue weighted by molar-refractivity contribution is 7.23. The predicted octanol–water partition coefficient (Wildman–Crippen LogP) is 7.42. The number of ether oxygens (including phenoxy) is 2. The molecule has 12 heteroatoms. The molecule has 2 N–H and O–H groups in total. The number of nitriles is 1. The van der Waals surface area contributed by atoms with Crippen molar-refractivity contribution in [1.29, 1.82) is 5.26 Å². The predicted molar refractivity (Wildman–Crippen MR) is 170 cm³/mol. The van der Waals surface area contributed by atoms with E-state index in [1.807, 2.05) is 24.8 Å². The van der Waals surface area contributed by atoms with Crippen molar-refractivity contribution in [3.63, 3.8) is 0 Å². The Balaban J connectivity index is 1.49. The number of nitrogens with zero attached hydrogens (tertiary/aromatic N) is 5. The molecule has 2 saturated heterocycles. The van der Waals surface area contributed by atoms with E-state index >= 15 is 4.39 Å². The van der Waals surface area contributed by atoms with Crippen LogP contribution in [0.4, 0.5) is 19.6 Å². The van der Waals surface area contributed by atoms with E-state index < -0.39 is 11.6 Å². The first kappa shape index (κ1) is 29.0. The molecule has 8 nitrogen and oxygen atoms in total. The number of aromatic nitrogens is 2. The number of rotatable bonds is 6. The number of hydrogen-bond acceptors (Lipinski definition) is 9. The van der Waals surface area contributed by atoms with Gasteiger partial charge in [0.25, 0.3) is 0 Å². The number of thiophene rings is 1. The van der Waals surface area contributed by atoms with Crippen molar-refractivity contribution in [3.05, 3.63) is 46.6 Å². The van der Waals surface area contributed by atoms with E-state index in [9.17, 15) is 9.65 Å². The van der Waals surface area contributed by atoms with Crippen LogP contribution < -0.4 is 20.1 Å². The molecular weight excluding hydrogens is 606 g/mol. The van der Waals surface area contributed by atoms with Crippen molar-refractivity contribution in [1.82, 2.24) is 14.9 Å². The van der Waals surface area contributed by atoms with Crippen LogP contribution in [-0.4, -0.2) is 52.8 Å². The lowest BCUT2D eigenvalue weighted by Gasteiger charge is -2.31. The van der Waals surface area contributed by atoms with Gasteiger partial charge in [-0.1, -0.05) is 31.2 Å². The second-order valence-corrected chi connectivity index (χ2v) is 13.2. The molecular formula is C32H31ClF2N6O2S. The average molecular weight is 637 g/mol. The fourth-order valence-electron chi connectivity index (χ4n) is 7.06. The van der Waals surface area contributed by atoms with E-state index in [-0.39, 0.29) is 65.7 Å². The van der Waals surface area contributed by atoms with Gasteiger partial charge in [0.2, 0.25) is 0 Å². The zero-order valence-electron chi connectivity index (χ0n) is 24.5. The second kappa shape index (κ2) is 10.7. The Bertz CT molecular complexity index is 1900. The zero-order valence-corrected chi connectivity index (χ0v) is 26.0. The minimum absolute atomic E-state index is 0.0302. The molecule has 2 fully saturated rings. The van der Waals surface area contributed by atoms with Crippen LogP contribution in [0.5, 0.6) is 11.8 Å². The van der Waals surface area contributed by atoms with Gasteiger partial charge in [-0.2, -0.15) is 15.2 Å². The average Bonchev–Trinajstić information content (AvgIpc) is 3.67. The summed E-state index contributed by atoms with van der Waals surface area (Å²) in [5.74, 6) is -0.722. The van der Waals surface area contributed by atoms with Gasteiger partial charge in [-0.05, 0) is 63.7 Å². The van der Waals surface area contributed by atoms with Gasteiger partial charge in [0, 0.05) is 16.6 Å². The number of hydrogen-bond donors (Lipinski definition) is 1. The van der Waals surface area contributed by atoms with Crippen LogP contribution in [0.25, 0.3) is 32.1 Å². The molecule has 228 valence electrons. The van der Waals surface area contributed by atoms with Crippen LogP contribution in [0, 0.1) is 23.0 Å². The lowest BCUT2D eigenvalue weighted by atomic mass is 9.95. The molecule has 0 saturated carbocycles. The Hall–Kier alpha value is -3.72. The third kappa shape index (κ3) is 4.30. The molecule has 2 aromatic carbocycles. The number of nitrogens with two attached hydrogens (primary N) is 1. The molecule has 44 heavy (non-hydrogen) atoms. The fourth-order valence-corrected chi connectivity index (χ4v) is 8.34. The molecule has 2 aromatic heterocycles. The van der Waals surface area contributed by atoms with Crippen molar-refractivity contribution in [2.24, 2.45) is 0 Å². The normalized spacial score (nSPS) is 19.2. The maximum absolute atomic E-state index is 17.0. The highest BCUT2D eigenvalue weighted by Crippen LogP contribution is 2.51. The van der Waals surface area contributed by atoms with E-state index in [0.29, 0.717) is 30.8 Å². The van der Waals surface area contributed by atoms with Gasteiger partial charge in [-0.3, -0.25) is 4.90 Å². The summed E-state index contributed by atoms with van der Waals surface area (Å²) >= 11 is 7.95. The lowest BCUT2D eigenvalue weighted by molar-refractivity contribution is 0.108. The van der Waals surface area contributed by atoms with E-state index in [1.165, 1.54) is 12.1 Å². The molecule has 7 rings (SSSR count). The van der Waals surface area contributed by atoms with Crippen LogP contribution in [0.3, 0.4) is 0 Å². The van der Waals surface area contributed by atoms with Gasteiger partial charge in [0.15, 0.2) is 17.4 Å². The molecule has 0 radical (unpaired) electrons. The van der Waals surface area contributed by atoms with Gasteiger partial charge in [-0.25, -0.2) is 8.78 Å². The van der Waals surface area contributed by atoms with Gasteiger partial charge in [-0.15, -0.1) is 11.3 Å².